The fourth-order valence-electron chi connectivity index (χ4n) is 12.3. The molecule has 14 rings (SSSR count). The van der Waals surface area contributed by atoms with Crippen molar-refractivity contribution in [2.24, 2.45) is 0 Å². The Hall–Kier alpha value is -8.40. The topological polar surface area (TPSA) is 29.5 Å². The van der Waals surface area contributed by atoms with Crippen LogP contribution in [0.5, 0.6) is 0 Å². The summed E-state index contributed by atoms with van der Waals surface area (Å²) in [5.74, 6) is 0. The number of fused-ring (bicyclic) bond motifs is 14. The molecule has 12 aromatic rings. The molecule has 71 heavy (non-hydrogen) atoms. The van der Waals surface area contributed by atoms with Crippen LogP contribution in [-0.4, -0.2) is 0 Å². The molecular formula is C68H51NO2. The minimum Gasteiger partial charge on any atom is -0.455 e. The van der Waals surface area contributed by atoms with Crippen molar-refractivity contribution in [1.29, 1.82) is 0 Å². The molecule has 0 N–H and O–H groups in total. The van der Waals surface area contributed by atoms with E-state index in [2.05, 4.69) is 247 Å². The molecule has 10 aromatic carbocycles. The minimum atomic E-state index is -0.327. The van der Waals surface area contributed by atoms with Gasteiger partial charge in [-0.05, 0) is 130 Å². The quantitative estimate of drug-likeness (QED) is 0.166. The summed E-state index contributed by atoms with van der Waals surface area (Å²) in [4.78, 5) is 2.50. The molecule has 0 fully saturated rings. The fraction of sp³-hybridized carbons (Fsp3) is 0.118. The molecular weight excluding hydrogens is 863 g/mol. The second-order valence-corrected chi connectivity index (χ2v) is 21.0. The van der Waals surface area contributed by atoms with E-state index in [1.165, 1.54) is 77.5 Å². The number of rotatable bonds is 6. The Kier molecular flexibility index (Phi) is 8.81. The zero-order chi connectivity index (χ0) is 47.9. The average molecular weight is 914 g/mol. The first kappa shape index (κ1) is 41.6. The normalized spacial score (nSPS) is 14.0. The third-order valence-electron chi connectivity index (χ3n) is 16.0. The third kappa shape index (κ3) is 6.02. The standard InChI is InChI=1S/C68H51NO2/c1-40-24-28-43(29-25-40)52-38-56-61(63-50-19-11-14-22-59(50)70-65(52)63)48-34-32-45(36-54(48)67(56,3)4)69(58-21-13-10-18-47(58)42-16-8-7-9-17-42)46-33-35-49-55(37-46)68(5,6)57-39-53(44-30-26-41(2)27-31-44)66-64(62(49)57)51-20-12-15-23-60(51)71-66/h7-39H,1-6H3. The Bertz CT molecular complexity index is 3930. The first-order valence-corrected chi connectivity index (χ1v) is 24.9. The number of benzene rings is 10. The molecule has 2 heterocycles. The molecule has 0 bridgehead atoms. The van der Waals surface area contributed by atoms with Crippen LogP contribution in [0.3, 0.4) is 0 Å². The molecule has 2 aromatic heterocycles. The largest absolute Gasteiger partial charge is 0.455 e. The van der Waals surface area contributed by atoms with Gasteiger partial charge < -0.3 is 13.7 Å². The zero-order valence-electron chi connectivity index (χ0n) is 40.8. The van der Waals surface area contributed by atoms with E-state index in [-0.39, 0.29) is 10.8 Å². The van der Waals surface area contributed by atoms with Gasteiger partial charge in [0.2, 0.25) is 0 Å². The Balaban J connectivity index is 0.993. The Morgan fingerprint density at radius 3 is 1.27 bits per heavy atom. The van der Waals surface area contributed by atoms with E-state index in [9.17, 15) is 0 Å². The number of nitrogens with zero attached hydrogens (tertiary/aromatic N) is 1. The van der Waals surface area contributed by atoms with Gasteiger partial charge in [0, 0.05) is 60.4 Å². The second-order valence-electron chi connectivity index (χ2n) is 21.0. The average Bonchev–Trinajstić information content (AvgIpc) is 4.10. The van der Waals surface area contributed by atoms with E-state index in [1.807, 2.05) is 0 Å². The van der Waals surface area contributed by atoms with Crippen molar-refractivity contribution in [3.8, 4) is 55.6 Å². The van der Waals surface area contributed by atoms with Crippen LogP contribution in [0.25, 0.3) is 99.5 Å². The maximum Gasteiger partial charge on any atom is 0.143 e. The van der Waals surface area contributed by atoms with E-state index in [1.54, 1.807) is 0 Å². The van der Waals surface area contributed by atoms with Crippen LogP contribution >= 0.6 is 0 Å². The van der Waals surface area contributed by atoms with Gasteiger partial charge in [-0.3, -0.25) is 0 Å². The van der Waals surface area contributed by atoms with Gasteiger partial charge in [0.05, 0.1) is 5.69 Å². The smallest absolute Gasteiger partial charge is 0.143 e. The van der Waals surface area contributed by atoms with Crippen LogP contribution in [0.4, 0.5) is 17.1 Å². The van der Waals surface area contributed by atoms with E-state index >= 15 is 0 Å². The fourth-order valence-corrected chi connectivity index (χ4v) is 12.3. The summed E-state index contributed by atoms with van der Waals surface area (Å²) < 4.78 is 13.7. The molecule has 2 aliphatic carbocycles. The summed E-state index contributed by atoms with van der Waals surface area (Å²) in [5, 5.41) is 4.66. The number of anilines is 3. The van der Waals surface area contributed by atoms with Gasteiger partial charge in [0.25, 0.3) is 0 Å². The minimum absolute atomic E-state index is 0.327. The monoisotopic (exact) mass is 913 g/mol. The molecule has 0 amide bonds. The van der Waals surface area contributed by atoms with E-state index in [0.717, 1.165) is 72.4 Å². The summed E-state index contributed by atoms with van der Waals surface area (Å²) in [6.07, 6.45) is 0. The highest BCUT2D eigenvalue weighted by molar-refractivity contribution is 6.20. The second kappa shape index (κ2) is 15.1. The molecule has 0 atom stereocenters. The van der Waals surface area contributed by atoms with Crippen molar-refractivity contribution in [1.82, 2.24) is 0 Å². The predicted molar refractivity (Wildman–Crippen MR) is 297 cm³/mol. The zero-order valence-corrected chi connectivity index (χ0v) is 40.8. The van der Waals surface area contributed by atoms with Crippen LogP contribution in [0.2, 0.25) is 0 Å². The van der Waals surface area contributed by atoms with Gasteiger partial charge in [-0.25, -0.2) is 0 Å². The maximum atomic E-state index is 6.85. The Morgan fingerprint density at radius 1 is 0.352 bits per heavy atom. The lowest BCUT2D eigenvalue weighted by Crippen LogP contribution is -2.18. The van der Waals surface area contributed by atoms with Crippen molar-refractivity contribution in [3.63, 3.8) is 0 Å². The lowest BCUT2D eigenvalue weighted by molar-refractivity contribution is 0.657. The number of para-hydroxylation sites is 3. The highest BCUT2D eigenvalue weighted by Gasteiger charge is 2.41. The third-order valence-corrected chi connectivity index (χ3v) is 16.0. The lowest BCUT2D eigenvalue weighted by atomic mass is 9.80. The lowest BCUT2D eigenvalue weighted by Gasteiger charge is -2.31. The summed E-state index contributed by atoms with van der Waals surface area (Å²) in [7, 11) is 0. The van der Waals surface area contributed by atoms with Gasteiger partial charge in [-0.1, -0.05) is 184 Å². The highest BCUT2D eigenvalue weighted by Crippen LogP contribution is 2.59. The van der Waals surface area contributed by atoms with Crippen molar-refractivity contribution in [2.45, 2.75) is 52.4 Å². The van der Waals surface area contributed by atoms with E-state index < -0.39 is 0 Å². The molecule has 0 saturated carbocycles. The summed E-state index contributed by atoms with van der Waals surface area (Å²) in [5.41, 5.74) is 26.0. The molecule has 2 aliphatic rings. The summed E-state index contributed by atoms with van der Waals surface area (Å²) in [6, 6.07) is 73.7. The van der Waals surface area contributed by atoms with Gasteiger partial charge in [-0.2, -0.15) is 0 Å². The van der Waals surface area contributed by atoms with Crippen molar-refractivity contribution < 1.29 is 8.83 Å². The van der Waals surface area contributed by atoms with Gasteiger partial charge in [0.1, 0.15) is 22.3 Å². The van der Waals surface area contributed by atoms with Gasteiger partial charge >= 0.3 is 0 Å². The van der Waals surface area contributed by atoms with Crippen molar-refractivity contribution in [3.05, 3.63) is 234 Å². The summed E-state index contributed by atoms with van der Waals surface area (Å²) in [6.45, 7) is 13.9. The highest BCUT2D eigenvalue weighted by atomic mass is 16.3. The van der Waals surface area contributed by atoms with Crippen LogP contribution in [0, 0.1) is 13.8 Å². The van der Waals surface area contributed by atoms with Crippen LogP contribution in [0.1, 0.15) is 61.1 Å². The molecule has 0 spiro atoms. The molecule has 0 aliphatic heterocycles. The van der Waals surface area contributed by atoms with Gasteiger partial charge in [0.15, 0.2) is 0 Å². The molecule has 3 heteroatoms. The first-order chi connectivity index (χ1) is 34.5. The maximum absolute atomic E-state index is 6.85. The first-order valence-electron chi connectivity index (χ1n) is 24.9. The molecule has 0 unspecified atom stereocenters. The molecule has 340 valence electrons. The number of aryl methyl sites for hydroxylation is 2. The Labute approximate surface area is 414 Å². The van der Waals surface area contributed by atoms with E-state index in [0.29, 0.717) is 0 Å². The van der Waals surface area contributed by atoms with Crippen LogP contribution < -0.4 is 4.90 Å². The van der Waals surface area contributed by atoms with Crippen molar-refractivity contribution >= 4 is 60.9 Å². The molecule has 0 saturated heterocycles. The van der Waals surface area contributed by atoms with Crippen LogP contribution in [-0.2, 0) is 10.8 Å². The molecule has 0 radical (unpaired) electrons. The summed E-state index contributed by atoms with van der Waals surface area (Å²) >= 11 is 0. The molecule has 3 nitrogen and oxygen atoms in total. The van der Waals surface area contributed by atoms with Crippen molar-refractivity contribution in [2.75, 3.05) is 4.90 Å². The number of hydrogen-bond acceptors (Lipinski definition) is 3. The SMILES string of the molecule is Cc1ccc(-c2cc3c(c4c2oc2ccccc24)-c2ccc(N(c4ccc5c(c4)C(C)(C)c4cc(-c6ccc(C)cc6)c6oc7ccccc7c6c4-5)c4ccccc4-c4ccccc4)cc2C3(C)C)cc1. The number of hydrogen-bond donors (Lipinski definition) is 0. The predicted octanol–water partition coefficient (Wildman–Crippen LogP) is 19.2. The van der Waals surface area contributed by atoms with Crippen LogP contribution in [0.15, 0.2) is 209 Å². The van der Waals surface area contributed by atoms with E-state index in [4.69, 9.17) is 8.83 Å². The Morgan fingerprint density at radius 2 is 0.775 bits per heavy atom. The number of furan rings is 2. The van der Waals surface area contributed by atoms with Gasteiger partial charge in [-0.15, -0.1) is 0 Å².